The predicted molar refractivity (Wildman–Crippen MR) is 115 cm³/mol. The molecule has 0 N–H and O–H groups in total. The van der Waals surface area contributed by atoms with Gasteiger partial charge >= 0.3 is 5.97 Å². The van der Waals surface area contributed by atoms with Gasteiger partial charge in [-0.2, -0.15) is 0 Å². The highest BCUT2D eigenvalue weighted by atomic mass is 16.5. The Morgan fingerprint density at radius 1 is 1.03 bits per heavy atom. The smallest absolute Gasteiger partial charge is 0.327 e. The van der Waals surface area contributed by atoms with Crippen LogP contribution in [0, 0.1) is 11.8 Å². The Bertz CT molecular complexity index is 1040. The van der Waals surface area contributed by atoms with Crippen molar-refractivity contribution in [2.45, 2.75) is 31.3 Å². The zero-order chi connectivity index (χ0) is 21.8. The number of hydrogen-bond acceptors (Lipinski definition) is 5. The van der Waals surface area contributed by atoms with E-state index in [0.29, 0.717) is 19.5 Å². The highest BCUT2D eigenvalue weighted by molar-refractivity contribution is 6.09. The highest BCUT2D eigenvalue weighted by Gasteiger charge is 2.73. The van der Waals surface area contributed by atoms with Gasteiger partial charge in [0.15, 0.2) is 0 Å². The van der Waals surface area contributed by atoms with Crippen LogP contribution >= 0.6 is 0 Å². The lowest BCUT2D eigenvalue weighted by molar-refractivity contribution is -0.159. The van der Waals surface area contributed by atoms with E-state index < -0.39 is 23.3 Å². The molecule has 2 aromatic carbocycles. The second-order valence-electron chi connectivity index (χ2n) is 8.57. The van der Waals surface area contributed by atoms with Gasteiger partial charge in [-0.1, -0.05) is 54.6 Å². The molecule has 5 rings (SSSR count). The minimum absolute atomic E-state index is 0.174. The molecular formula is C25H26N2O4. The SMILES string of the molecule is CCN1C(=O)[C@H]2[C@@H](c3ccc(-c4ccccc4)cc3)N3CCC[C@@]3(C(=O)OC)[C@H]2C1=O. The summed E-state index contributed by atoms with van der Waals surface area (Å²) in [7, 11) is 1.36. The number of methoxy groups -OCH3 is 1. The second-order valence-corrected chi connectivity index (χ2v) is 8.57. The average Bonchev–Trinajstić information content (AvgIpc) is 3.42. The van der Waals surface area contributed by atoms with Gasteiger partial charge in [-0.25, -0.2) is 0 Å². The van der Waals surface area contributed by atoms with Crippen LogP contribution in [0.25, 0.3) is 11.1 Å². The molecule has 0 unspecified atom stereocenters. The number of rotatable bonds is 4. The second kappa shape index (κ2) is 7.31. The van der Waals surface area contributed by atoms with Crippen molar-refractivity contribution in [2.24, 2.45) is 11.8 Å². The lowest BCUT2D eigenvalue weighted by Gasteiger charge is -2.36. The first kappa shape index (κ1) is 19.9. The molecule has 6 nitrogen and oxygen atoms in total. The van der Waals surface area contributed by atoms with Gasteiger partial charge in [-0.3, -0.25) is 24.2 Å². The molecule has 6 heteroatoms. The first-order chi connectivity index (χ1) is 15.0. The summed E-state index contributed by atoms with van der Waals surface area (Å²) >= 11 is 0. The van der Waals surface area contributed by atoms with E-state index in [1.807, 2.05) is 42.5 Å². The Morgan fingerprint density at radius 2 is 1.71 bits per heavy atom. The maximum absolute atomic E-state index is 13.3. The molecule has 0 spiro atoms. The first-order valence-electron chi connectivity index (χ1n) is 10.9. The van der Waals surface area contributed by atoms with Crippen molar-refractivity contribution in [1.82, 2.24) is 9.80 Å². The van der Waals surface area contributed by atoms with Crippen molar-refractivity contribution in [1.29, 1.82) is 0 Å². The number of likely N-dealkylation sites (tertiary alicyclic amines) is 1. The van der Waals surface area contributed by atoms with E-state index >= 15 is 0 Å². The molecule has 3 aliphatic rings. The van der Waals surface area contributed by atoms with Gasteiger partial charge in [-0.05, 0) is 43.0 Å². The van der Waals surface area contributed by atoms with Gasteiger partial charge in [0.2, 0.25) is 11.8 Å². The van der Waals surface area contributed by atoms with E-state index in [4.69, 9.17) is 4.74 Å². The largest absolute Gasteiger partial charge is 0.468 e. The molecule has 0 bridgehead atoms. The van der Waals surface area contributed by atoms with E-state index in [2.05, 4.69) is 17.0 Å². The van der Waals surface area contributed by atoms with Crippen LogP contribution in [-0.2, 0) is 19.1 Å². The number of nitrogens with zero attached hydrogens (tertiary/aromatic N) is 2. The fourth-order valence-corrected chi connectivity index (χ4v) is 6.07. The molecule has 0 saturated carbocycles. The summed E-state index contributed by atoms with van der Waals surface area (Å²) in [6.07, 6.45) is 1.33. The van der Waals surface area contributed by atoms with Gasteiger partial charge in [-0.15, -0.1) is 0 Å². The van der Waals surface area contributed by atoms with Crippen LogP contribution in [0.4, 0.5) is 0 Å². The van der Waals surface area contributed by atoms with Crippen molar-refractivity contribution in [3.05, 3.63) is 60.2 Å². The lowest BCUT2D eigenvalue weighted by Crippen LogP contribution is -2.54. The third-order valence-electron chi connectivity index (χ3n) is 7.32. The third kappa shape index (κ3) is 2.64. The molecule has 2 amide bonds. The fourth-order valence-electron chi connectivity index (χ4n) is 6.07. The number of imide groups is 1. The number of ether oxygens (including phenoxy) is 1. The summed E-state index contributed by atoms with van der Waals surface area (Å²) in [5.74, 6) is -2.06. The molecule has 0 radical (unpaired) electrons. The molecule has 2 aromatic rings. The molecule has 3 fully saturated rings. The topological polar surface area (TPSA) is 66.9 Å². The highest BCUT2D eigenvalue weighted by Crippen LogP contribution is 2.59. The van der Waals surface area contributed by atoms with Crippen LogP contribution in [0.2, 0.25) is 0 Å². The van der Waals surface area contributed by atoms with E-state index in [9.17, 15) is 14.4 Å². The normalized spacial score (nSPS) is 29.9. The van der Waals surface area contributed by atoms with Gasteiger partial charge in [0.1, 0.15) is 5.54 Å². The molecule has 3 heterocycles. The predicted octanol–water partition coefficient (Wildman–Crippen LogP) is 3.04. The molecule has 3 saturated heterocycles. The minimum Gasteiger partial charge on any atom is -0.468 e. The van der Waals surface area contributed by atoms with Crippen LogP contribution in [-0.4, -0.2) is 53.3 Å². The Hall–Kier alpha value is -2.99. The standard InChI is InChI=1S/C25H26N2O4/c1-3-26-22(28)19-20(23(26)29)25(24(30)31-2)14-7-15-27(25)21(19)18-12-10-17(11-13-18)16-8-5-4-6-9-16/h4-6,8-13,19-21H,3,7,14-15H2,1-2H3/t19-,20-,21-,25+/m1/s1. The quantitative estimate of drug-likeness (QED) is 0.564. The number of hydrogen-bond donors (Lipinski definition) is 0. The molecule has 4 atom stereocenters. The van der Waals surface area contributed by atoms with Crippen LogP contribution in [0.1, 0.15) is 31.4 Å². The molecule has 0 aromatic heterocycles. The average molecular weight is 418 g/mol. The number of fused-ring (bicyclic) bond motifs is 3. The number of benzene rings is 2. The van der Waals surface area contributed by atoms with Crippen molar-refractivity contribution >= 4 is 17.8 Å². The number of amides is 2. The minimum atomic E-state index is -1.06. The Balaban J connectivity index is 1.60. The van der Waals surface area contributed by atoms with Crippen molar-refractivity contribution in [3.63, 3.8) is 0 Å². The van der Waals surface area contributed by atoms with Crippen LogP contribution in [0.3, 0.4) is 0 Å². The summed E-state index contributed by atoms with van der Waals surface area (Å²) in [5, 5.41) is 0. The zero-order valence-electron chi connectivity index (χ0n) is 17.8. The number of esters is 1. The zero-order valence-corrected chi connectivity index (χ0v) is 17.8. The van der Waals surface area contributed by atoms with Crippen molar-refractivity contribution in [2.75, 3.05) is 20.2 Å². The summed E-state index contributed by atoms with van der Waals surface area (Å²) < 4.78 is 5.20. The third-order valence-corrected chi connectivity index (χ3v) is 7.32. The van der Waals surface area contributed by atoms with Crippen LogP contribution in [0.15, 0.2) is 54.6 Å². The maximum atomic E-state index is 13.3. The van der Waals surface area contributed by atoms with Crippen molar-refractivity contribution in [3.8, 4) is 11.1 Å². The molecule has 0 aliphatic carbocycles. The maximum Gasteiger partial charge on any atom is 0.327 e. The summed E-state index contributed by atoms with van der Waals surface area (Å²) in [5.41, 5.74) is 2.11. The molecule has 3 aliphatic heterocycles. The Labute approximate surface area is 181 Å². The van der Waals surface area contributed by atoms with Gasteiger partial charge < -0.3 is 4.74 Å². The van der Waals surface area contributed by atoms with Gasteiger partial charge in [0.25, 0.3) is 0 Å². The van der Waals surface area contributed by atoms with E-state index in [-0.39, 0.29) is 17.9 Å². The van der Waals surface area contributed by atoms with Crippen molar-refractivity contribution < 1.29 is 19.1 Å². The van der Waals surface area contributed by atoms with E-state index in [1.165, 1.54) is 12.0 Å². The van der Waals surface area contributed by atoms with Crippen LogP contribution in [0.5, 0.6) is 0 Å². The lowest BCUT2D eigenvalue weighted by atomic mass is 9.77. The molecular weight excluding hydrogens is 392 g/mol. The first-order valence-corrected chi connectivity index (χ1v) is 10.9. The summed E-state index contributed by atoms with van der Waals surface area (Å²) in [6.45, 7) is 2.79. The summed E-state index contributed by atoms with van der Waals surface area (Å²) in [4.78, 5) is 43.1. The Morgan fingerprint density at radius 3 is 2.35 bits per heavy atom. The number of carbonyl (C=O) groups excluding carboxylic acids is 3. The van der Waals surface area contributed by atoms with E-state index in [0.717, 1.165) is 23.1 Å². The van der Waals surface area contributed by atoms with E-state index in [1.54, 1.807) is 6.92 Å². The van der Waals surface area contributed by atoms with Crippen LogP contribution < -0.4 is 0 Å². The Kier molecular flexibility index (Phi) is 4.70. The fraction of sp³-hybridized carbons (Fsp3) is 0.400. The van der Waals surface area contributed by atoms with Gasteiger partial charge in [0.05, 0.1) is 18.9 Å². The molecule has 31 heavy (non-hydrogen) atoms. The number of carbonyl (C=O) groups is 3. The summed E-state index contributed by atoms with van der Waals surface area (Å²) in [6, 6.07) is 17.9. The van der Waals surface area contributed by atoms with Gasteiger partial charge in [0, 0.05) is 12.6 Å². The molecule has 160 valence electrons. The monoisotopic (exact) mass is 418 g/mol.